The normalized spacial score (nSPS) is 12.2. The van der Waals surface area contributed by atoms with Crippen molar-refractivity contribution >= 4 is 0 Å². The Hall–Kier alpha value is -1.87. The molecule has 94 valence electrons. The molecule has 0 bridgehead atoms. The Labute approximate surface area is 108 Å². The number of aryl methyl sites for hydroxylation is 1. The minimum atomic E-state index is -0.00427. The summed E-state index contributed by atoms with van der Waals surface area (Å²) in [6.07, 6.45) is 2.78. The van der Waals surface area contributed by atoms with Crippen LogP contribution in [0.4, 0.5) is 0 Å². The highest BCUT2D eigenvalue weighted by atomic mass is 16.5. The lowest BCUT2D eigenvalue weighted by Gasteiger charge is -2.08. The lowest BCUT2D eigenvalue weighted by atomic mass is 10.1. The standard InChI is InChI=1S/C15H18N2O/c1-3-12-4-7-14(8-5-12)18-15-9-6-13(10-17-15)11(2)16/h4-11H,3,16H2,1-2H3/t11-/m0/s1. The van der Waals surface area contributed by atoms with Crippen molar-refractivity contribution in [2.45, 2.75) is 26.3 Å². The third-order valence-corrected chi connectivity index (χ3v) is 2.84. The van der Waals surface area contributed by atoms with Gasteiger partial charge < -0.3 is 10.5 Å². The molecule has 1 atom stereocenters. The van der Waals surface area contributed by atoms with E-state index in [1.807, 2.05) is 31.2 Å². The van der Waals surface area contributed by atoms with Crippen molar-refractivity contribution in [3.8, 4) is 11.6 Å². The minimum absolute atomic E-state index is 0.00427. The second kappa shape index (κ2) is 5.65. The third kappa shape index (κ3) is 3.08. The molecular weight excluding hydrogens is 224 g/mol. The van der Waals surface area contributed by atoms with Crippen molar-refractivity contribution in [1.29, 1.82) is 0 Å². The van der Waals surface area contributed by atoms with E-state index in [0.29, 0.717) is 5.88 Å². The van der Waals surface area contributed by atoms with E-state index in [9.17, 15) is 0 Å². The average Bonchev–Trinajstić information content (AvgIpc) is 2.40. The maximum absolute atomic E-state index is 5.77. The Kier molecular flexibility index (Phi) is 3.95. The number of rotatable bonds is 4. The molecule has 0 fully saturated rings. The minimum Gasteiger partial charge on any atom is -0.439 e. The van der Waals surface area contributed by atoms with E-state index in [2.05, 4.69) is 24.0 Å². The number of hydrogen-bond donors (Lipinski definition) is 1. The predicted molar refractivity (Wildman–Crippen MR) is 72.7 cm³/mol. The molecule has 1 aromatic heterocycles. The molecule has 0 unspecified atom stereocenters. The first kappa shape index (κ1) is 12.6. The summed E-state index contributed by atoms with van der Waals surface area (Å²) < 4.78 is 5.66. The van der Waals surface area contributed by atoms with Crippen LogP contribution in [-0.2, 0) is 6.42 Å². The molecule has 2 rings (SSSR count). The molecule has 0 aliphatic carbocycles. The summed E-state index contributed by atoms with van der Waals surface area (Å²) in [5, 5.41) is 0. The molecule has 0 aliphatic heterocycles. The van der Waals surface area contributed by atoms with E-state index in [-0.39, 0.29) is 6.04 Å². The molecule has 3 heteroatoms. The molecule has 0 saturated heterocycles. The van der Waals surface area contributed by atoms with Crippen molar-refractivity contribution in [3.05, 3.63) is 53.7 Å². The van der Waals surface area contributed by atoms with E-state index >= 15 is 0 Å². The van der Waals surface area contributed by atoms with Gasteiger partial charge in [-0.15, -0.1) is 0 Å². The van der Waals surface area contributed by atoms with Gasteiger partial charge in [-0.05, 0) is 36.6 Å². The Morgan fingerprint density at radius 3 is 2.39 bits per heavy atom. The second-order valence-electron chi connectivity index (χ2n) is 4.32. The molecule has 3 nitrogen and oxygen atoms in total. The van der Waals surface area contributed by atoms with Gasteiger partial charge in [0, 0.05) is 18.3 Å². The number of hydrogen-bond acceptors (Lipinski definition) is 3. The van der Waals surface area contributed by atoms with Gasteiger partial charge >= 0.3 is 0 Å². The maximum atomic E-state index is 5.77. The number of nitrogens with zero attached hydrogens (tertiary/aromatic N) is 1. The quantitative estimate of drug-likeness (QED) is 0.893. The molecule has 0 saturated carbocycles. The highest BCUT2D eigenvalue weighted by Gasteiger charge is 2.02. The van der Waals surface area contributed by atoms with Crippen molar-refractivity contribution < 1.29 is 4.74 Å². The summed E-state index contributed by atoms with van der Waals surface area (Å²) in [6, 6.07) is 11.8. The van der Waals surface area contributed by atoms with Crippen LogP contribution in [0.25, 0.3) is 0 Å². The fourth-order valence-corrected chi connectivity index (χ4v) is 1.64. The first-order valence-electron chi connectivity index (χ1n) is 6.17. The molecule has 0 amide bonds. The molecule has 1 aromatic carbocycles. The SMILES string of the molecule is CCc1ccc(Oc2ccc([C@H](C)N)cn2)cc1. The Morgan fingerprint density at radius 2 is 1.89 bits per heavy atom. The first-order valence-corrected chi connectivity index (χ1v) is 6.17. The van der Waals surface area contributed by atoms with Crippen LogP contribution in [0.3, 0.4) is 0 Å². The predicted octanol–water partition coefficient (Wildman–Crippen LogP) is 3.46. The van der Waals surface area contributed by atoms with Crippen LogP contribution in [0.1, 0.15) is 31.0 Å². The van der Waals surface area contributed by atoms with Gasteiger partial charge in [0.25, 0.3) is 0 Å². The van der Waals surface area contributed by atoms with Gasteiger partial charge in [0.2, 0.25) is 5.88 Å². The lowest BCUT2D eigenvalue weighted by Crippen LogP contribution is -2.05. The van der Waals surface area contributed by atoms with Gasteiger partial charge in [-0.25, -0.2) is 4.98 Å². The van der Waals surface area contributed by atoms with Gasteiger partial charge in [-0.2, -0.15) is 0 Å². The second-order valence-corrected chi connectivity index (χ2v) is 4.32. The van der Waals surface area contributed by atoms with Crippen LogP contribution in [0.2, 0.25) is 0 Å². The Morgan fingerprint density at radius 1 is 1.17 bits per heavy atom. The molecule has 0 aliphatic rings. The summed E-state index contributed by atoms with van der Waals surface area (Å²) >= 11 is 0. The zero-order valence-electron chi connectivity index (χ0n) is 10.8. The van der Waals surface area contributed by atoms with Crippen molar-refractivity contribution in [2.24, 2.45) is 5.73 Å². The topological polar surface area (TPSA) is 48.1 Å². The molecule has 18 heavy (non-hydrogen) atoms. The van der Waals surface area contributed by atoms with Gasteiger partial charge in [-0.3, -0.25) is 0 Å². The number of nitrogens with two attached hydrogens (primary N) is 1. The fourth-order valence-electron chi connectivity index (χ4n) is 1.64. The van der Waals surface area contributed by atoms with E-state index in [4.69, 9.17) is 10.5 Å². The van der Waals surface area contributed by atoms with Gasteiger partial charge in [0.15, 0.2) is 0 Å². The molecule has 2 aromatic rings. The van der Waals surface area contributed by atoms with Crippen LogP contribution in [0.5, 0.6) is 11.6 Å². The third-order valence-electron chi connectivity index (χ3n) is 2.84. The lowest BCUT2D eigenvalue weighted by molar-refractivity contribution is 0.462. The number of benzene rings is 1. The fraction of sp³-hybridized carbons (Fsp3) is 0.267. The van der Waals surface area contributed by atoms with Gasteiger partial charge in [0.05, 0.1) is 0 Å². The summed E-state index contributed by atoms with van der Waals surface area (Å²) in [5.41, 5.74) is 8.06. The molecule has 0 spiro atoms. The van der Waals surface area contributed by atoms with E-state index in [0.717, 1.165) is 17.7 Å². The molecule has 1 heterocycles. The van der Waals surface area contributed by atoms with Crippen LogP contribution in [0.15, 0.2) is 42.6 Å². The van der Waals surface area contributed by atoms with Crippen molar-refractivity contribution in [2.75, 3.05) is 0 Å². The maximum Gasteiger partial charge on any atom is 0.219 e. The highest BCUT2D eigenvalue weighted by Crippen LogP contribution is 2.21. The summed E-state index contributed by atoms with van der Waals surface area (Å²) in [6.45, 7) is 4.06. The average molecular weight is 242 g/mol. The van der Waals surface area contributed by atoms with E-state index < -0.39 is 0 Å². The van der Waals surface area contributed by atoms with Crippen LogP contribution in [0, 0.1) is 0 Å². The number of ether oxygens (including phenoxy) is 1. The van der Waals surface area contributed by atoms with E-state index in [1.165, 1.54) is 5.56 Å². The summed E-state index contributed by atoms with van der Waals surface area (Å²) in [7, 11) is 0. The van der Waals surface area contributed by atoms with E-state index in [1.54, 1.807) is 6.20 Å². The van der Waals surface area contributed by atoms with Crippen molar-refractivity contribution in [1.82, 2.24) is 4.98 Å². The summed E-state index contributed by atoms with van der Waals surface area (Å²) in [5.74, 6) is 1.39. The highest BCUT2D eigenvalue weighted by molar-refractivity contribution is 5.31. The van der Waals surface area contributed by atoms with Crippen LogP contribution < -0.4 is 10.5 Å². The first-order chi connectivity index (χ1) is 8.69. The van der Waals surface area contributed by atoms with Crippen LogP contribution >= 0.6 is 0 Å². The Bertz CT molecular complexity index is 489. The van der Waals surface area contributed by atoms with Crippen molar-refractivity contribution in [3.63, 3.8) is 0 Å². The summed E-state index contributed by atoms with van der Waals surface area (Å²) in [4.78, 5) is 4.24. The van der Waals surface area contributed by atoms with Crippen LogP contribution in [-0.4, -0.2) is 4.98 Å². The van der Waals surface area contributed by atoms with Gasteiger partial charge in [-0.1, -0.05) is 25.1 Å². The van der Waals surface area contributed by atoms with Gasteiger partial charge in [0.1, 0.15) is 5.75 Å². The zero-order chi connectivity index (χ0) is 13.0. The zero-order valence-corrected chi connectivity index (χ0v) is 10.8. The smallest absolute Gasteiger partial charge is 0.219 e. The number of aromatic nitrogens is 1. The Balaban J connectivity index is 2.08. The number of pyridine rings is 1. The molecule has 2 N–H and O–H groups in total. The molecular formula is C15H18N2O. The largest absolute Gasteiger partial charge is 0.439 e. The monoisotopic (exact) mass is 242 g/mol. The molecule has 0 radical (unpaired) electrons.